The van der Waals surface area contributed by atoms with Gasteiger partial charge in [0.2, 0.25) is 11.1 Å². The topological polar surface area (TPSA) is 130 Å². The Kier molecular flexibility index (Phi) is 4.25. The third kappa shape index (κ3) is 3.25. The lowest BCUT2D eigenvalue weighted by atomic mass is 10.4. The standard InChI is InChI=1S/C13H16N8O2S/c1-7-4-8(2)21(18-7)12-16-17-13(20(12)14)24-6-11(22)15-10-5-9(3)23-19-10/h4-5H,6,14H2,1-3H3,(H,15,19,22). The van der Waals surface area contributed by atoms with E-state index in [1.54, 1.807) is 17.7 Å². The van der Waals surface area contributed by atoms with E-state index in [1.165, 1.54) is 4.68 Å². The van der Waals surface area contributed by atoms with Crippen molar-refractivity contribution in [3.63, 3.8) is 0 Å². The summed E-state index contributed by atoms with van der Waals surface area (Å²) >= 11 is 1.16. The molecule has 24 heavy (non-hydrogen) atoms. The highest BCUT2D eigenvalue weighted by Gasteiger charge is 2.16. The van der Waals surface area contributed by atoms with Crippen LogP contribution in [-0.2, 0) is 4.79 Å². The van der Waals surface area contributed by atoms with Gasteiger partial charge >= 0.3 is 0 Å². The number of thioether (sulfide) groups is 1. The molecule has 0 aromatic carbocycles. The predicted molar refractivity (Wildman–Crippen MR) is 87.4 cm³/mol. The molecule has 3 heterocycles. The summed E-state index contributed by atoms with van der Waals surface area (Å²) < 4.78 is 7.79. The second kappa shape index (κ2) is 6.35. The first-order valence-corrected chi connectivity index (χ1v) is 8.02. The highest BCUT2D eigenvalue weighted by atomic mass is 32.2. The molecule has 3 rings (SSSR count). The molecule has 126 valence electrons. The van der Waals surface area contributed by atoms with E-state index in [2.05, 4.69) is 25.8 Å². The summed E-state index contributed by atoms with van der Waals surface area (Å²) in [7, 11) is 0. The van der Waals surface area contributed by atoms with Crippen molar-refractivity contribution in [1.29, 1.82) is 0 Å². The number of hydrogen-bond donors (Lipinski definition) is 2. The van der Waals surface area contributed by atoms with Gasteiger partial charge in [0.25, 0.3) is 5.95 Å². The molecule has 0 radical (unpaired) electrons. The SMILES string of the molecule is Cc1cc(C)n(-c2nnc(SCC(=O)Nc3cc(C)on3)n2N)n1. The third-order valence-electron chi connectivity index (χ3n) is 3.07. The Balaban J connectivity index is 1.66. The Morgan fingerprint density at radius 2 is 2.12 bits per heavy atom. The highest BCUT2D eigenvalue weighted by molar-refractivity contribution is 7.99. The minimum absolute atomic E-state index is 0.109. The summed E-state index contributed by atoms with van der Waals surface area (Å²) in [5.74, 6) is 7.25. The van der Waals surface area contributed by atoms with Crippen LogP contribution in [0.3, 0.4) is 0 Å². The summed E-state index contributed by atoms with van der Waals surface area (Å²) in [6.45, 7) is 5.52. The molecule has 10 nitrogen and oxygen atoms in total. The number of aromatic nitrogens is 6. The van der Waals surface area contributed by atoms with E-state index in [0.29, 0.717) is 22.7 Å². The minimum Gasteiger partial charge on any atom is -0.360 e. The Bertz CT molecular complexity index is 881. The van der Waals surface area contributed by atoms with Crippen LogP contribution in [0.1, 0.15) is 17.1 Å². The summed E-state index contributed by atoms with van der Waals surface area (Å²) in [5, 5.41) is 19.1. The molecule has 3 N–H and O–H groups in total. The molecule has 11 heteroatoms. The number of amides is 1. The van der Waals surface area contributed by atoms with Crippen molar-refractivity contribution in [3.05, 3.63) is 29.3 Å². The molecule has 0 aliphatic heterocycles. The number of nitrogens with zero attached hydrogens (tertiary/aromatic N) is 6. The molecule has 0 atom stereocenters. The number of rotatable bonds is 5. The molecule has 3 aromatic rings. The number of nitrogens with one attached hydrogen (secondary N) is 1. The zero-order valence-corrected chi connectivity index (χ0v) is 14.2. The van der Waals surface area contributed by atoms with E-state index in [4.69, 9.17) is 10.4 Å². The lowest BCUT2D eigenvalue weighted by Gasteiger charge is -2.04. The smallest absolute Gasteiger partial charge is 0.271 e. The maximum absolute atomic E-state index is 11.9. The molecule has 1 amide bonds. The molecule has 0 fully saturated rings. The number of hydrogen-bond acceptors (Lipinski definition) is 8. The van der Waals surface area contributed by atoms with Crippen molar-refractivity contribution >= 4 is 23.5 Å². The van der Waals surface area contributed by atoms with Crippen LogP contribution < -0.4 is 11.2 Å². The zero-order chi connectivity index (χ0) is 17.3. The van der Waals surface area contributed by atoms with Crippen LogP contribution in [0.25, 0.3) is 5.95 Å². The fraction of sp³-hybridized carbons (Fsp3) is 0.308. The fourth-order valence-corrected chi connectivity index (χ4v) is 2.73. The second-order valence-corrected chi connectivity index (χ2v) is 6.09. The largest absolute Gasteiger partial charge is 0.360 e. The van der Waals surface area contributed by atoms with E-state index in [0.717, 1.165) is 23.1 Å². The van der Waals surface area contributed by atoms with Gasteiger partial charge in [-0.15, -0.1) is 10.2 Å². The zero-order valence-electron chi connectivity index (χ0n) is 13.3. The van der Waals surface area contributed by atoms with Crippen LogP contribution in [0, 0.1) is 20.8 Å². The first-order chi connectivity index (χ1) is 11.4. The third-order valence-corrected chi connectivity index (χ3v) is 4.02. The van der Waals surface area contributed by atoms with Crippen molar-refractivity contribution in [1.82, 2.24) is 29.8 Å². The van der Waals surface area contributed by atoms with Gasteiger partial charge in [0.05, 0.1) is 11.4 Å². The van der Waals surface area contributed by atoms with Crippen molar-refractivity contribution in [3.8, 4) is 5.95 Å². The number of nitrogens with two attached hydrogens (primary N) is 1. The Hall–Kier alpha value is -2.82. The quantitative estimate of drug-likeness (QED) is 0.512. The van der Waals surface area contributed by atoms with Crippen molar-refractivity contribution in [2.75, 3.05) is 16.9 Å². The first-order valence-electron chi connectivity index (χ1n) is 7.04. The van der Waals surface area contributed by atoms with Crippen LogP contribution in [0.4, 0.5) is 5.82 Å². The average Bonchev–Trinajstić information content (AvgIpc) is 3.17. The Morgan fingerprint density at radius 3 is 2.75 bits per heavy atom. The Morgan fingerprint density at radius 1 is 1.33 bits per heavy atom. The van der Waals surface area contributed by atoms with Gasteiger partial charge in [-0.1, -0.05) is 16.9 Å². The van der Waals surface area contributed by atoms with Crippen molar-refractivity contribution in [2.45, 2.75) is 25.9 Å². The molecular weight excluding hydrogens is 332 g/mol. The normalized spacial score (nSPS) is 11.0. The molecule has 0 bridgehead atoms. The number of carbonyl (C=O) groups is 1. The Labute approximate surface area is 141 Å². The van der Waals surface area contributed by atoms with Gasteiger partial charge in [-0.05, 0) is 26.8 Å². The summed E-state index contributed by atoms with van der Waals surface area (Å²) in [5.41, 5.74) is 1.74. The van der Waals surface area contributed by atoms with Gasteiger partial charge in [0.15, 0.2) is 5.82 Å². The fourth-order valence-electron chi connectivity index (χ4n) is 2.08. The summed E-state index contributed by atoms with van der Waals surface area (Å²) in [6.07, 6.45) is 0. The molecule has 0 unspecified atom stereocenters. The molecule has 0 saturated carbocycles. The summed E-state index contributed by atoms with van der Waals surface area (Å²) in [6, 6.07) is 3.55. The van der Waals surface area contributed by atoms with Crippen LogP contribution in [-0.4, -0.2) is 41.5 Å². The lowest BCUT2D eigenvalue weighted by Crippen LogP contribution is -2.18. The van der Waals surface area contributed by atoms with E-state index in [-0.39, 0.29) is 11.7 Å². The van der Waals surface area contributed by atoms with Gasteiger partial charge in [-0.25, -0.2) is 9.36 Å². The summed E-state index contributed by atoms with van der Waals surface area (Å²) in [4.78, 5) is 11.9. The average molecular weight is 348 g/mol. The molecular formula is C13H16N8O2S. The first kappa shape index (κ1) is 16.1. The second-order valence-electron chi connectivity index (χ2n) is 5.15. The minimum atomic E-state index is -0.246. The molecule has 3 aromatic heterocycles. The van der Waals surface area contributed by atoms with Gasteiger partial charge in [-0.3, -0.25) is 4.79 Å². The van der Waals surface area contributed by atoms with E-state index in [1.807, 2.05) is 19.9 Å². The molecule has 0 aliphatic carbocycles. The number of carbonyl (C=O) groups excluding carboxylic acids is 1. The van der Waals surface area contributed by atoms with Crippen molar-refractivity contribution in [2.24, 2.45) is 0 Å². The van der Waals surface area contributed by atoms with Crippen LogP contribution in [0.15, 0.2) is 21.8 Å². The van der Waals surface area contributed by atoms with Gasteiger partial charge in [0, 0.05) is 11.8 Å². The highest BCUT2D eigenvalue weighted by Crippen LogP contribution is 2.18. The number of anilines is 1. The van der Waals surface area contributed by atoms with E-state index in [9.17, 15) is 4.79 Å². The lowest BCUT2D eigenvalue weighted by molar-refractivity contribution is -0.113. The van der Waals surface area contributed by atoms with E-state index >= 15 is 0 Å². The predicted octanol–water partition coefficient (Wildman–Crippen LogP) is 0.822. The molecule has 0 spiro atoms. The number of aryl methyl sites for hydroxylation is 3. The molecule has 0 saturated heterocycles. The van der Waals surface area contributed by atoms with Gasteiger partial charge in [-0.2, -0.15) is 5.10 Å². The van der Waals surface area contributed by atoms with Crippen molar-refractivity contribution < 1.29 is 9.32 Å². The maximum atomic E-state index is 11.9. The maximum Gasteiger partial charge on any atom is 0.271 e. The van der Waals surface area contributed by atoms with Crippen LogP contribution in [0.5, 0.6) is 0 Å². The monoisotopic (exact) mass is 348 g/mol. The van der Waals surface area contributed by atoms with Crippen LogP contribution in [0.2, 0.25) is 0 Å². The van der Waals surface area contributed by atoms with Gasteiger partial charge < -0.3 is 15.7 Å². The molecule has 0 aliphatic rings. The van der Waals surface area contributed by atoms with E-state index < -0.39 is 0 Å². The number of nitrogen functional groups attached to an aromatic ring is 1. The van der Waals surface area contributed by atoms with Crippen LogP contribution >= 0.6 is 11.8 Å². The van der Waals surface area contributed by atoms with Gasteiger partial charge in [0.1, 0.15) is 5.76 Å².